The van der Waals surface area contributed by atoms with E-state index in [-0.39, 0.29) is 12.7 Å². The van der Waals surface area contributed by atoms with Crippen molar-refractivity contribution in [2.75, 3.05) is 26.8 Å². The lowest BCUT2D eigenvalue weighted by Crippen LogP contribution is -2.48. The minimum atomic E-state index is -0.790. The van der Waals surface area contributed by atoms with Crippen LogP contribution in [0.3, 0.4) is 0 Å². The second kappa shape index (κ2) is 9.56. The average Bonchev–Trinajstić information content (AvgIpc) is 2.96. The third-order valence-corrected chi connectivity index (χ3v) is 4.26. The molecule has 1 heterocycles. The van der Waals surface area contributed by atoms with Crippen LogP contribution in [-0.4, -0.2) is 55.7 Å². The Hall–Kier alpha value is -2.33. The van der Waals surface area contributed by atoms with Gasteiger partial charge in [-0.3, -0.25) is 4.90 Å². The summed E-state index contributed by atoms with van der Waals surface area (Å²) in [6, 6.07) is 9.16. The van der Waals surface area contributed by atoms with Gasteiger partial charge in [0.1, 0.15) is 36.4 Å². The molecule has 146 valence electrons. The van der Waals surface area contributed by atoms with Crippen molar-refractivity contribution >= 4 is 0 Å². The predicted octanol–water partition coefficient (Wildman–Crippen LogP) is 3.16. The highest BCUT2D eigenvalue weighted by atomic mass is 16.8. The molecule has 2 rings (SSSR count). The van der Waals surface area contributed by atoms with Crippen molar-refractivity contribution in [1.82, 2.24) is 4.90 Å². The summed E-state index contributed by atoms with van der Waals surface area (Å²) < 4.78 is 23.1. The summed E-state index contributed by atoms with van der Waals surface area (Å²) in [7, 11) is 1.62. The van der Waals surface area contributed by atoms with Crippen LogP contribution in [0.5, 0.6) is 11.5 Å². The predicted molar refractivity (Wildman–Crippen MR) is 104 cm³/mol. The van der Waals surface area contributed by atoms with Crippen molar-refractivity contribution < 1.29 is 18.9 Å². The molecular weight excluding hydrogens is 344 g/mol. The van der Waals surface area contributed by atoms with Crippen LogP contribution >= 0.6 is 0 Å². The number of rotatable bonds is 10. The lowest BCUT2D eigenvalue weighted by molar-refractivity contribution is -0.151. The molecule has 1 aliphatic heterocycles. The maximum atomic E-state index is 9.79. The first-order valence-corrected chi connectivity index (χ1v) is 8.92. The smallest absolute Gasteiger partial charge is 0.164 e. The molecule has 6 heteroatoms. The first-order chi connectivity index (χ1) is 12.9. The van der Waals surface area contributed by atoms with Gasteiger partial charge in [0.2, 0.25) is 0 Å². The number of nitrogens with zero attached hydrogens (tertiary/aromatic N) is 2. The molecule has 1 unspecified atom stereocenters. The average molecular weight is 372 g/mol. The molecule has 0 aliphatic carbocycles. The lowest BCUT2D eigenvalue weighted by Gasteiger charge is -2.30. The zero-order valence-corrected chi connectivity index (χ0v) is 16.3. The Labute approximate surface area is 161 Å². The van der Waals surface area contributed by atoms with Crippen molar-refractivity contribution in [2.45, 2.75) is 37.9 Å². The largest absolute Gasteiger partial charge is 0.497 e. The van der Waals surface area contributed by atoms with Crippen LogP contribution in [0.25, 0.3) is 0 Å². The van der Waals surface area contributed by atoms with E-state index in [1.54, 1.807) is 19.3 Å². The van der Waals surface area contributed by atoms with Gasteiger partial charge in [0.15, 0.2) is 5.79 Å². The molecule has 27 heavy (non-hydrogen) atoms. The highest BCUT2D eigenvalue weighted by Gasteiger charge is 2.47. The number of methoxy groups -OCH3 is 1. The van der Waals surface area contributed by atoms with Gasteiger partial charge in [0.05, 0.1) is 13.2 Å². The highest BCUT2D eigenvalue weighted by molar-refractivity contribution is 5.31. The summed E-state index contributed by atoms with van der Waals surface area (Å²) in [5, 5.41) is 9.79. The van der Waals surface area contributed by atoms with Gasteiger partial charge in [-0.15, -0.1) is 13.2 Å². The molecule has 0 radical (unpaired) electrons. The first kappa shape index (κ1) is 21.0. The fourth-order valence-electron chi connectivity index (χ4n) is 3.11. The standard InChI is InChI=1S/C21H28N2O4/c1-6-12-23(13-7-2)18(14-22)20-19(26-21(3,4)27-20)15-25-17-10-8-16(24-5)9-11-17/h6-11,18-20H,1-2,12-13,15H2,3-5H3/t18?,19-,20-/m0/s1. The minimum Gasteiger partial charge on any atom is -0.497 e. The Kier molecular flexibility index (Phi) is 7.43. The third kappa shape index (κ3) is 5.57. The van der Waals surface area contributed by atoms with Crippen LogP contribution in [0, 0.1) is 11.3 Å². The molecular formula is C21H28N2O4. The number of ether oxygens (including phenoxy) is 4. The van der Waals surface area contributed by atoms with Gasteiger partial charge in [-0.2, -0.15) is 5.26 Å². The summed E-state index contributed by atoms with van der Waals surface area (Å²) in [4.78, 5) is 1.95. The Balaban J connectivity index is 2.12. The number of nitriles is 1. The Morgan fingerprint density at radius 1 is 1.19 bits per heavy atom. The molecule has 0 spiro atoms. The number of benzene rings is 1. The van der Waals surface area contributed by atoms with Gasteiger partial charge >= 0.3 is 0 Å². The molecule has 1 saturated heterocycles. The van der Waals surface area contributed by atoms with Gasteiger partial charge in [-0.05, 0) is 38.1 Å². The van der Waals surface area contributed by atoms with Crippen LogP contribution < -0.4 is 9.47 Å². The molecule has 0 N–H and O–H groups in total. The van der Waals surface area contributed by atoms with Gasteiger partial charge < -0.3 is 18.9 Å². The molecule has 0 aromatic heterocycles. The van der Waals surface area contributed by atoms with Crippen LogP contribution in [0.2, 0.25) is 0 Å². The maximum Gasteiger partial charge on any atom is 0.164 e. The normalized spacial score (nSPS) is 22.0. The van der Waals surface area contributed by atoms with Crippen LogP contribution in [0.15, 0.2) is 49.6 Å². The number of hydrogen-bond donors (Lipinski definition) is 0. The van der Waals surface area contributed by atoms with E-state index in [2.05, 4.69) is 19.2 Å². The highest BCUT2D eigenvalue weighted by Crippen LogP contribution is 2.32. The van der Waals surface area contributed by atoms with Crippen LogP contribution in [0.4, 0.5) is 0 Å². The number of hydrogen-bond acceptors (Lipinski definition) is 6. The van der Waals surface area contributed by atoms with Crippen LogP contribution in [0.1, 0.15) is 13.8 Å². The molecule has 1 aromatic rings. The molecule has 0 bridgehead atoms. The molecule has 6 nitrogen and oxygen atoms in total. The molecule has 1 aliphatic rings. The van der Waals surface area contributed by atoms with Gasteiger partial charge in [0.25, 0.3) is 0 Å². The molecule has 0 saturated carbocycles. The van der Waals surface area contributed by atoms with E-state index in [1.165, 1.54) is 0 Å². The van der Waals surface area contributed by atoms with Gasteiger partial charge in [0, 0.05) is 13.1 Å². The molecule has 1 fully saturated rings. The topological polar surface area (TPSA) is 64.0 Å². The van der Waals surface area contributed by atoms with Crippen LogP contribution in [-0.2, 0) is 9.47 Å². The second-order valence-electron chi connectivity index (χ2n) is 6.73. The quantitative estimate of drug-likeness (QED) is 0.588. The molecule has 1 aromatic carbocycles. The second-order valence-corrected chi connectivity index (χ2v) is 6.73. The maximum absolute atomic E-state index is 9.79. The monoisotopic (exact) mass is 372 g/mol. The zero-order valence-electron chi connectivity index (χ0n) is 16.3. The third-order valence-electron chi connectivity index (χ3n) is 4.26. The minimum absolute atomic E-state index is 0.272. The van der Waals surface area contributed by atoms with Crippen molar-refractivity contribution in [2.24, 2.45) is 0 Å². The van der Waals surface area contributed by atoms with Gasteiger partial charge in [-0.1, -0.05) is 12.2 Å². The molecule has 3 atom stereocenters. The van der Waals surface area contributed by atoms with Crippen molar-refractivity contribution in [1.29, 1.82) is 5.26 Å². The van der Waals surface area contributed by atoms with E-state index in [1.807, 2.05) is 43.0 Å². The Morgan fingerprint density at radius 2 is 1.78 bits per heavy atom. The van der Waals surface area contributed by atoms with E-state index >= 15 is 0 Å². The SMILES string of the molecule is C=CCN(CC=C)C(C#N)[C@@H]1OC(C)(C)O[C@H]1COc1ccc(OC)cc1. The van der Waals surface area contributed by atoms with E-state index in [4.69, 9.17) is 18.9 Å². The van der Waals surface area contributed by atoms with E-state index in [9.17, 15) is 5.26 Å². The summed E-state index contributed by atoms with van der Waals surface area (Å²) >= 11 is 0. The van der Waals surface area contributed by atoms with Crippen molar-refractivity contribution in [3.05, 3.63) is 49.6 Å². The van der Waals surface area contributed by atoms with E-state index < -0.39 is 17.9 Å². The van der Waals surface area contributed by atoms with Crippen molar-refractivity contribution in [3.8, 4) is 17.6 Å². The van der Waals surface area contributed by atoms with Gasteiger partial charge in [-0.25, -0.2) is 0 Å². The zero-order chi connectivity index (χ0) is 19.9. The molecule has 0 amide bonds. The summed E-state index contributed by atoms with van der Waals surface area (Å²) in [5.41, 5.74) is 0. The van der Waals surface area contributed by atoms with E-state index in [0.717, 1.165) is 5.75 Å². The van der Waals surface area contributed by atoms with Crippen molar-refractivity contribution in [3.63, 3.8) is 0 Å². The summed E-state index contributed by atoms with van der Waals surface area (Å²) in [5.74, 6) is 0.670. The summed E-state index contributed by atoms with van der Waals surface area (Å²) in [6.07, 6.45) is 2.68. The lowest BCUT2D eigenvalue weighted by atomic mass is 10.1. The summed E-state index contributed by atoms with van der Waals surface area (Å²) in [6.45, 7) is 12.6. The first-order valence-electron chi connectivity index (χ1n) is 8.92. The Morgan fingerprint density at radius 3 is 2.30 bits per heavy atom. The fourth-order valence-corrected chi connectivity index (χ4v) is 3.11. The Bertz CT molecular complexity index is 656. The van der Waals surface area contributed by atoms with E-state index in [0.29, 0.717) is 18.8 Å². The fraction of sp³-hybridized carbons (Fsp3) is 0.476.